The number of hydrogen-bond donors (Lipinski definition) is 0. The average Bonchev–Trinajstić information content (AvgIpc) is 2.76. The maximum absolute atomic E-state index is 10.9. The van der Waals surface area contributed by atoms with Crippen LogP contribution in [0.4, 0.5) is 5.69 Å². The first-order valence-electron chi connectivity index (χ1n) is 9.33. The van der Waals surface area contributed by atoms with Crippen molar-refractivity contribution in [3.8, 4) is 0 Å². The molecule has 1 heterocycles. The first-order chi connectivity index (χ1) is 14.2. The van der Waals surface area contributed by atoms with Crippen LogP contribution in [0.1, 0.15) is 11.1 Å². The molecule has 0 aliphatic carbocycles. The third-order valence-electron chi connectivity index (χ3n) is 5.16. The minimum absolute atomic E-state index is 0.0907. The molecule has 0 bridgehead atoms. The minimum atomic E-state index is -0.385. The number of hydrogen-bond acceptors (Lipinski definition) is 3. The van der Waals surface area contributed by atoms with Gasteiger partial charge in [-0.3, -0.25) is 10.1 Å². The average molecular weight is 376 g/mol. The molecule has 0 saturated carbocycles. The van der Waals surface area contributed by atoms with Gasteiger partial charge in [0.2, 0.25) is 0 Å². The number of nitrogens with zero attached hydrogens (tertiary/aromatic N) is 2. The van der Waals surface area contributed by atoms with Crippen LogP contribution in [0.5, 0.6) is 0 Å². The number of benzene rings is 4. The summed E-state index contributed by atoms with van der Waals surface area (Å²) in [6, 6.07) is 27.2. The maximum Gasteiger partial charge on any atom is 0.269 e. The summed E-state index contributed by atoms with van der Waals surface area (Å²) in [6.07, 6.45) is 4.08. The van der Waals surface area contributed by atoms with Gasteiger partial charge >= 0.3 is 0 Å². The van der Waals surface area contributed by atoms with Crippen molar-refractivity contribution in [2.24, 2.45) is 0 Å². The molecule has 0 amide bonds. The van der Waals surface area contributed by atoms with E-state index in [0.717, 1.165) is 38.3 Å². The highest BCUT2D eigenvalue weighted by Crippen LogP contribution is 2.33. The molecule has 0 fully saturated rings. The molecule has 0 saturated heterocycles. The Bertz CT molecular complexity index is 1420. The van der Waals surface area contributed by atoms with Gasteiger partial charge in [-0.25, -0.2) is 4.98 Å². The number of para-hydroxylation sites is 1. The highest BCUT2D eigenvalue weighted by molar-refractivity contribution is 6.15. The Balaban J connectivity index is 1.77. The number of pyridine rings is 1. The lowest BCUT2D eigenvalue weighted by Crippen LogP contribution is -1.89. The lowest BCUT2D eigenvalue weighted by molar-refractivity contribution is -0.384. The summed E-state index contributed by atoms with van der Waals surface area (Å²) in [5.74, 6) is 0. The third-order valence-corrected chi connectivity index (χ3v) is 5.16. The van der Waals surface area contributed by atoms with Gasteiger partial charge in [-0.1, -0.05) is 60.7 Å². The van der Waals surface area contributed by atoms with E-state index in [1.807, 2.05) is 36.4 Å². The van der Waals surface area contributed by atoms with Gasteiger partial charge in [0.15, 0.2) is 0 Å². The number of aromatic nitrogens is 1. The summed E-state index contributed by atoms with van der Waals surface area (Å²) in [4.78, 5) is 15.4. The van der Waals surface area contributed by atoms with Crippen LogP contribution in [0.2, 0.25) is 0 Å². The van der Waals surface area contributed by atoms with Gasteiger partial charge in [-0.2, -0.15) is 0 Å². The molecule has 5 aromatic rings. The zero-order valence-corrected chi connectivity index (χ0v) is 15.4. The van der Waals surface area contributed by atoms with Crippen molar-refractivity contribution in [1.29, 1.82) is 0 Å². The molecule has 138 valence electrons. The Labute approximate surface area is 166 Å². The highest BCUT2D eigenvalue weighted by Gasteiger charge is 2.10. The van der Waals surface area contributed by atoms with E-state index in [0.29, 0.717) is 0 Å². The van der Waals surface area contributed by atoms with Gasteiger partial charge < -0.3 is 0 Å². The molecule has 0 aliphatic rings. The normalized spacial score (nSPS) is 11.6. The Hall–Kier alpha value is -4.05. The topological polar surface area (TPSA) is 56.0 Å². The van der Waals surface area contributed by atoms with Crippen LogP contribution >= 0.6 is 0 Å². The monoisotopic (exact) mass is 376 g/mol. The van der Waals surface area contributed by atoms with Gasteiger partial charge in [-0.05, 0) is 46.2 Å². The third kappa shape index (κ3) is 3.01. The predicted molar refractivity (Wildman–Crippen MR) is 119 cm³/mol. The highest BCUT2D eigenvalue weighted by atomic mass is 16.6. The molecule has 0 unspecified atom stereocenters. The molecule has 0 aliphatic heterocycles. The van der Waals surface area contributed by atoms with Gasteiger partial charge in [0, 0.05) is 22.9 Å². The second-order valence-corrected chi connectivity index (χ2v) is 6.91. The molecule has 29 heavy (non-hydrogen) atoms. The zero-order valence-electron chi connectivity index (χ0n) is 15.4. The molecule has 4 aromatic carbocycles. The first kappa shape index (κ1) is 17.1. The summed E-state index contributed by atoms with van der Waals surface area (Å²) < 4.78 is 0. The van der Waals surface area contributed by atoms with Crippen LogP contribution in [0.25, 0.3) is 44.7 Å². The number of non-ortho nitro benzene ring substituents is 1. The molecular weight excluding hydrogens is 360 g/mol. The fourth-order valence-corrected chi connectivity index (χ4v) is 3.76. The SMILES string of the molecule is O=[N+]([O-])c1ccc(C=Cc2c3ccccc3nc3ccc4ccccc4c23)cc1. The van der Waals surface area contributed by atoms with Crippen molar-refractivity contribution >= 4 is 50.4 Å². The number of rotatable bonds is 3. The van der Waals surface area contributed by atoms with Crippen LogP contribution in [0.15, 0.2) is 84.9 Å². The minimum Gasteiger partial charge on any atom is -0.258 e. The van der Waals surface area contributed by atoms with Crippen LogP contribution in [-0.4, -0.2) is 9.91 Å². The molecule has 0 N–H and O–H groups in total. The molecule has 4 heteroatoms. The Morgan fingerprint density at radius 2 is 1.45 bits per heavy atom. The quantitative estimate of drug-likeness (QED) is 0.154. The lowest BCUT2D eigenvalue weighted by Gasteiger charge is -2.10. The lowest BCUT2D eigenvalue weighted by atomic mass is 9.96. The summed E-state index contributed by atoms with van der Waals surface area (Å²) in [6.45, 7) is 0. The van der Waals surface area contributed by atoms with Crippen LogP contribution in [0.3, 0.4) is 0 Å². The molecule has 4 nitrogen and oxygen atoms in total. The van der Waals surface area contributed by atoms with Crippen molar-refractivity contribution in [3.05, 3.63) is 106 Å². The summed E-state index contributed by atoms with van der Waals surface area (Å²) in [5.41, 5.74) is 3.99. The fourth-order valence-electron chi connectivity index (χ4n) is 3.76. The van der Waals surface area contributed by atoms with Crippen molar-refractivity contribution < 1.29 is 4.92 Å². The van der Waals surface area contributed by atoms with E-state index >= 15 is 0 Å². The van der Waals surface area contributed by atoms with E-state index in [2.05, 4.69) is 36.4 Å². The van der Waals surface area contributed by atoms with Gasteiger partial charge in [0.25, 0.3) is 5.69 Å². The Morgan fingerprint density at radius 3 is 2.24 bits per heavy atom. The van der Waals surface area contributed by atoms with Crippen LogP contribution in [-0.2, 0) is 0 Å². The van der Waals surface area contributed by atoms with Gasteiger partial charge in [0.1, 0.15) is 0 Å². The number of fused-ring (bicyclic) bond motifs is 4. The molecule has 0 atom stereocenters. The Morgan fingerprint density at radius 1 is 0.724 bits per heavy atom. The fraction of sp³-hybridized carbons (Fsp3) is 0. The van der Waals surface area contributed by atoms with Crippen molar-refractivity contribution in [1.82, 2.24) is 4.98 Å². The summed E-state index contributed by atoms with van der Waals surface area (Å²) in [5, 5.41) is 15.4. The molecule has 0 spiro atoms. The van der Waals surface area contributed by atoms with Crippen LogP contribution in [0, 0.1) is 10.1 Å². The van der Waals surface area contributed by atoms with E-state index in [1.54, 1.807) is 12.1 Å². The van der Waals surface area contributed by atoms with E-state index in [9.17, 15) is 10.1 Å². The summed E-state index contributed by atoms with van der Waals surface area (Å²) in [7, 11) is 0. The molecular formula is C25H16N2O2. The largest absolute Gasteiger partial charge is 0.269 e. The van der Waals surface area contributed by atoms with Gasteiger partial charge in [0.05, 0.1) is 16.0 Å². The van der Waals surface area contributed by atoms with Crippen LogP contribution < -0.4 is 0 Å². The predicted octanol–water partition coefficient (Wildman–Crippen LogP) is 6.62. The second-order valence-electron chi connectivity index (χ2n) is 6.91. The maximum atomic E-state index is 10.9. The van der Waals surface area contributed by atoms with E-state index < -0.39 is 0 Å². The van der Waals surface area contributed by atoms with Gasteiger partial charge in [-0.15, -0.1) is 0 Å². The summed E-state index contributed by atoms with van der Waals surface area (Å²) >= 11 is 0. The number of nitro benzene ring substituents is 1. The zero-order chi connectivity index (χ0) is 19.8. The molecule has 0 radical (unpaired) electrons. The van der Waals surface area contributed by atoms with E-state index in [-0.39, 0.29) is 10.6 Å². The van der Waals surface area contributed by atoms with Crippen molar-refractivity contribution in [2.75, 3.05) is 0 Å². The van der Waals surface area contributed by atoms with E-state index in [4.69, 9.17) is 4.98 Å². The first-order valence-corrected chi connectivity index (χ1v) is 9.33. The number of nitro groups is 1. The van der Waals surface area contributed by atoms with Crippen molar-refractivity contribution in [2.45, 2.75) is 0 Å². The smallest absolute Gasteiger partial charge is 0.258 e. The molecule has 1 aromatic heterocycles. The Kier molecular flexibility index (Phi) is 4.03. The molecule has 5 rings (SSSR count). The second kappa shape index (κ2) is 6.84. The van der Waals surface area contributed by atoms with E-state index in [1.165, 1.54) is 17.5 Å². The standard InChI is InChI=1S/C25H16N2O2/c28-27(29)19-13-9-17(10-14-19)11-15-22-21-7-3-4-8-23(21)26-24-16-12-18-5-1-2-6-20(18)25(22)24/h1-16H. The van der Waals surface area contributed by atoms with Crippen molar-refractivity contribution in [3.63, 3.8) is 0 Å².